The topological polar surface area (TPSA) is 175 Å². The lowest BCUT2D eigenvalue weighted by Crippen LogP contribution is -2.59. The third-order valence-corrected chi connectivity index (χ3v) is 8.57. The van der Waals surface area contributed by atoms with Gasteiger partial charge in [0.15, 0.2) is 11.6 Å². The number of carbonyl (C=O) groups is 5. The fraction of sp³-hybridized carbons (Fsp3) is 0.571. The van der Waals surface area contributed by atoms with E-state index in [1.807, 2.05) is 58.0 Å². The van der Waals surface area contributed by atoms with Gasteiger partial charge in [0.25, 0.3) is 0 Å². The van der Waals surface area contributed by atoms with Crippen LogP contribution in [0.4, 0.5) is 10.6 Å². The minimum absolute atomic E-state index is 0.0432. The highest BCUT2D eigenvalue weighted by atomic mass is 16.6. The van der Waals surface area contributed by atoms with Gasteiger partial charge in [-0.1, -0.05) is 58.0 Å². The van der Waals surface area contributed by atoms with E-state index in [1.165, 1.54) is 18.6 Å². The molecule has 5 amide bonds. The minimum Gasteiger partial charge on any atom is -0.361 e. The molecule has 2 aliphatic heterocycles. The molecule has 4 N–H and O–H groups in total. The van der Waals surface area contributed by atoms with Crippen LogP contribution in [0.25, 0.3) is 0 Å². The number of aromatic nitrogens is 2. The van der Waals surface area contributed by atoms with Crippen LogP contribution in [0.15, 0.2) is 48.9 Å². The number of ketones is 1. The standard InChI is InChI=1S/C35H49N7O6/c1-22(2)16-26(30(43)35(5)21-48-35)38-33(46)28(18-24-10-7-6-8-11-24)39-32(45)27(17-23(3)4)40-34(47)42-15-9-12-25(20-42)31(44)41-29-19-36-13-14-37-29/h6-8,10-11,13-14,19,22-23,25-28H,9,12,15-18,20-21H2,1-5H3,(H,38,46)(H,39,45)(H,40,47)(H,37,41,44). The van der Waals surface area contributed by atoms with E-state index in [4.69, 9.17) is 4.74 Å². The molecule has 48 heavy (non-hydrogen) atoms. The summed E-state index contributed by atoms with van der Waals surface area (Å²) in [6.07, 6.45) is 6.61. The summed E-state index contributed by atoms with van der Waals surface area (Å²) in [4.78, 5) is 76.9. The molecule has 5 unspecified atom stereocenters. The molecule has 5 atom stereocenters. The van der Waals surface area contributed by atoms with Crippen molar-refractivity contribution in [2.24, 2.45) is 17.8 Å². The second-order valence-electron chi connectivity index (χ2n) is 13.8. The van der Waals surface area contributed by atoms with Crippen molar-refractivity contribution in [3.63, 3.8) is 0 Å². The Labute approximate surface area is 282 Å². The highest BCUT2D eigenvalue weighted by molar-refractivity contribution is 5.98. The monoisotopic (exact) mass is 663 g/mol. The van der Waals surface area contributed by atoms with Crippen molar-refractivity contribution in [1.29, 1.82) is 0 Å². The molecule has 2 aromatic rings. The van der Waals surface area contributed by atoms with Crippen LogP contribution < -0.4 is 21.3 Å². The average molecular weight is 664 g/mol. The average Bonchev–Trinajstić information content (AvgIpc) is 3.82. The number of Topliss-reactive ketones (excluding diaryl/α,β-unsaturated/α-hetero) is 1. The van der Waals surface area contributed by atoms with Crippen LogP contribution in [0, 0.1) is 17.8 Å². The highest BCUT2D eigenvalue weighted by Gasteiger charge is 2.50. The van der Waals surface area contributed by atoms with E-state index < -0.39 is 47.5 Å². The number of benzene rings is 1. The third-order valence-electron chi connectivity index (χ3n) is 8.57. The first-order valence-electron chi connectivity index (χ1n) is 16.8. The maximum Gasteiger partial charge on any atom is 0.318 e. The maximum absolute atomic E-state index is 13.9. The van der Waals surface area contributed by atoms with Crippen LogP contribution in [-0.2, 0) is 30.3 Å². The van der Waals surface area contributed by atoms with Gasteiger partial charge in [0.1, 0.15) is 17.7 Å². The van der Waals surface area contributed by atoms with E-state index in [1.54, 1.807) is 11.8 Å². The van der Waals surface area contributed by atoms with Crippen LogP contribution >= 0.6 is 0 Å². The first-order chi connectivity index (χ1) is 22.8. The van der Waals surface area contributed by atoms with Gasteiger partial charge < -0.3 is 30.9 Å². The third kappa shape index (κ3) is 10.6. The van der Waals surface area contributed by atoms with E-state index in [0.717, 1.165) is 5.56 Å². The van der Waals surface area contributed by atoms with Gasteiger partial charge in [0.2, 0.25) is 17.7 Å². The smallest absolute Gasteiger partial charge is 0.318 e. The first kappa shape index (κ1) is 36.4. The Morgan fingerprint density at radius 3 is 2.19 bits per heavy atom. The lowest BCUT2D eigenvalue weighted by Gasteiger charge is -2.33. The summed E-state index contributed by atoms with van der Waals surface area (Å²) >= 11 is 0. The largest absolute Gasteiger partial charge is 0.361 e. The summed E-state index contributed by atoms with van der Waals surface area (Å²) in [5, 5.41) is 11.4. The van der Waals surface area contributed by atoms with Crippen LogP contribution in [-0.4, -0.2) is 87.8 Å². The van der Waals surface area contributed by atoms with Crippen molar-refractivity contribution in [1.82, 2.24) is 30.8 Å². The summed E-state index contributed by atoms with van der Waals surface area (Å²) in [6, 6.07) is 6.11. The van der Waals surface area contributed by atoms with E-state index in [-0.39, 0.29) is 36.5 Å². The Kier molecular flexibility index (Phi) is 12.6. The first-order valence-corrected chi connectivity index (χ1v) is 16.8. The number of nitrogens with one attached hydrogen (secondary N) is 4. The molecule has 4 rings (SSSR count). The number of likely N-dealkylation sites (tertiary alicyclic amines) is 1. The summed E-state index contributed by atoms with van der Waals surface area (Å²) in [6.45, 7) is 10.5. The molecule has 2 fully saturated rings. The van der Waals surface area contributed by atoms with Crippen molar-refractivity contribution in [3.05, 3.63) is 54.5 Å². The number of nitrogens with zero attached hydrogens (tertiary/aromatic N) is 3. The summed E-state index contributed by atoms with van der Waals surface area (Å²) in [5.41, 5.74) is -0.0905. The molecule has 13 heteroatoms. The molecule has 260 valence electrons. The van der Waals surface area contributed by atoms with Gasteiger partial charge in [0, 0.05) is 31.9 Å². The minimum atomic E-state index is -1.01. The lowest BCUT2D eigenvalue weighted by atomic mass is 9.93. The SMILES string of the molecule is CC(C)CC(NC(=O)N1CCCC(C(=O)Nc2cnccn2)C1)C(=O)NC(Cc1ccccc1)C(=O)NC(CC(C)C)C(=O)C1(C)CO1. The quantitative estimate of drug-likeness (QED) is 0.211. The summed E-state index contributed by atoms with van der Waals surface area (Å²) < 4.78 is 5.38. The number of carbonyl (C=O) groups excluding carboxylic acids is 5. The molecule has 1 aromatic carbocycles. The number of hydrogen-bond donors (Lipinski definition) is 4. The molecule has 0 aliphatic carbocycles. The molecule has 13 nitrogen and oxygen atoms in total. The van der Waals surface area contributed by atoms with Crippen LogP contribution in [0.3, 0.4) is 0 Å². The van der Waals surface area contributed by atoms with E-state index in [0.29, 0.717) is 44.7 Å². The number of urea groups is 1. The zero-order valence-corrected chi connectivity index (χ0v) is 28.5. The molecule has 0 saturated carbocycles. The molecule has 0 radical (unpaired) electrons. The van der Waals surface area contributed by atoms with E-state index >= 15 is 0 Å². The Hall–Kier alpha value is -4.39. The molecule has 0 spiro atoms. The van der Waals surface area contributed by atoms with Gasteiger partial charge in [-0.2, -0.15) is 0 Å². The number of amides is 5. The number of rotatable bonds is 15. The second kappa shape index (κ2) is 16.6. The number of piperidine rings is 1. The van der Waals surface area contributed by atoms with Gasteiger partial charge >= 0.3 is 6.03 Å². The molecule has 0 bridgehead atoms. The van der Waals surface area contributed by atoms with Gasteiger partial charge in [-0.05, 0) is 50.0 Å². The molecule has 3 heterocycles. The Morgan fingerprint density at radius 2 is 1.56 bits per heavy atom. The number of anilines is 1. The summed E-state index contributed by atoms with van der Waals surface area (Å²) in [5.74, 6) is -1.39. The molecule has 1 aromatic heterocycles. The predicted octanol–water partition coefficient (Wildman–Crippen LogP) is 2.87. The highest BCUT2D eigenvalue weighted by Crippen LogP contribution is 2.29. The molecular weight excluding hydrogens is 614 g/mol. The van der Waals surface area contributed by atoms with Gasteiger partial charge in [0.05, 0.1) is 24.8 Å². The van der Waals surface area contributed by atoms with Crippen LogP contribution in [0.5, 0.6) is 0 Å². The molecular formula is C35H49N7O6. The number of hydrogen-bond acceptors (Lipinski definition) is 8. The summed E-state index contributed by atoms with van der Waals surface area (Å²) in [7, 11) is 0. The Bertz CT molecular complexity index is 1420. The van der Waals surface area contributed by atoms with Crippen molar-refractivity contribution in [3.8, 4) is 0 Å². The zero-order valence-electron chi connectivity index (χ0n) is 28.5. The van der Waals surface area contributed by atoms with E-state index in [2.05, 4.69) is 31.2 Å². The Balaban J connectivity index is 1.45. The van der Waals surface area contributed by atoms with Gasteiger partial charge in [-0.15, -0.1) is 0 Å². The zero-order chi connectivity index (χ0) is 34.8. The van der Waals surface area contributed by atoms with Crippen molar-refractivity contribution in [2.45, 2.75) is 90.4 Å². The van der Waals surface area contributed by atoms with Gasteiger partial charge in [-0.3, -0.25) is 24.2 Å². The fourth-order valence-electron chi connectivity index (χ4n) is 5.84. The van der Waals surface area contributed by atoms with E-state index in [9.17, 15) is 24.0 Å². The normalized spacial score (nSPS) is 20.7. The van der Waals surface area contributed by atoms with Crippen molar-refractivity contribution in [2.75, 3.05) is 25.0 Å². The van der Waals surface area contributed by atoms with Crippen LogP contribution in [0.2, 0.25) is 0 Å². The lowest BCUT2D eigenvalue weighted by molar-refractivity contribution is -0.133. The van der Waals surface area contributed by atoms with Crippen molar-refractivity contribution >= 4 is 35.4 Å². The van der Waals surface area contributed by atoms with Crippen LogP contribution in [0.1, 0.15) is 65.9 Å². The molecule has 2 saturated heterocycles. The maximum atomic E-state index is 13.9. The van der Waals surface area contributed by atoms with Crippen molar-refractivity contribution < 1.29 is 28.7 Å². The molecule has 2 aliphatic rings. The predicted molar refractivity (Wildman–Crippen MR) is 180 cm³/mol. The second-order valence-corrected chi connectivity index (χ2v) is 13.8. The number of epoxide rings is 1. The fourth-order valence-corrected chi connectivity index (χ4v) is 5.84. The number of ether oxygens (including phenoxy) is 1. The Morgan fingerprint density at radius 1 is 0.917 bits per heavy atom. The van der Waals surface area contributed by atoms with Gasteiger partial charge in [-0.25, -0.2) is 9.78 Å².